The number of hydrogen-bond donors (Lipinski definition) is 2. The highest BCUT2D eigenvalue weighted by Crippen LogP contribution is 2.83. The largest absolute Gasteiger partial charge is 0.469 e. The Hall–Kier alpha value is -2.73. The van der Waals surface area contributed by atoms with Crippen LogP contribution < -0.4 is 5.32 Å². The van der Waals surface area contributed by atoms with Crippen LogP contribution in [0.5, 0.6) is 0 Å². The van der Waals surface area contributed by atoms with E-state index in [0.717, 1.165) is 75.9 Å². The van der Waals surface area contributed by atoms with Crippen LogP contribution in [0.15, 0.2) is 29.0 Å². The number of ketones is 1. The second-order valence-corrected chi connectivity index (χ2v) is 21.7. The van der Waals surface area contributed by atoms with Crippen LogP contribution in [0.4, 0.5) is 0 Å². The highest BCUT2D eigenvalue weighted by atomic mass is 16.7. The topological polar surface area (TPSA) is 140 Å². The molecule has 1 aromatic rings. The van der Waals surface area contributed by atoms with Gasteiger partial charge in [-0.05, 0) is 113 Å². The maximum Gasteiger partial charge on any atom is 0.339 e. The zero-order chi connectivity index (χ0) is 39.6. The van der Waals surface area contributed by atoms with Gasteiger partial charge in [0.05, 0.1) is 36.0 Å². The van der Waals surface area contributed by atoms with Crippen LogP contribution in [-0.2, 0) is 39.8 Å². The maximum absolute atomic E-state index is 15.5. The zero-order valence-corrected chi connectivity index (χ0v) is 34.5. The molecule has 1 aromatic heterocycles. The minimum atomic E-state index is -1.36. The first kappa shape index (κ1) is 37.1. The van der Waals surface area contributed by atoms with E-state index in [-0.39, 0.29) is 30.2 Å². The molecule has 11 aliphatic rings. The number of allylic oxidation sites excluding steroid dienone is 1. The Morgan fingerprint density at radius 1 is 0.948 bits per heavy atom. The van der Waals surface area contributed by atoms with Crippen molar-refractivity contribution in [1.82, 2.24) is 10.2 Å². The lowest BCUT2D eigenvalue weighted by atomic mass is 9.32. The number of aliphatic hydroxyl groups is 1. The number of rotatable bonds is 5. The van der Waals surface area contributed by atoms with E-state index in [9.17, 15) is 14.7 Å². The molecule has 14 atom stereocenters. The van der Waals surface area contributed by atoms with Crippen LogP contribution in [-0.4, -0.2) is 83.1 Å². The molecule has 11 nitrogen and oxygen atoms in total. The molecule has 0 bridgehead atoms. The third-order valence-electron chi connectivity index (χ3n) is 19.3. The maximum atomic E-state index is 15.5. The molecule has 10 fully saturated rings. The number of aliphatic hydroxyl groups excluding tert-OH is 1. The van der Waals surface area contributed by atoms with Crippen molar-refractivity contribution in [1.29, 1.82) is 0 Å². The van der Waals surface area contributed by atoms with Crippen molar-refractivity contribution in [3.05, 3.63) is 35.9 Å². The van der Waals surface area contributed by atoms with Gasteiger partial charge in [0, 0.05) is 40.8 Å². The van der Waals surface area contributed by atoms with Gasteiger partial charge < -0.3 is 33.4 Å². The highest BCUT2D eigenvalue weighted by Gasteiger charge is 2.93. The Bertz CT molecular complexity index is 1950. The number of nitrogens with one attached hydrogen (secondary N) is 1. The number of esters is 2. The van der Waals surface area contributed by atoms with Gasteiger partial charge >= 0.3 is 11.9 Å². The summed E-state index contributed by atoms with van der Waals surface area (Å²) in [5.74, 6) is 0.971. The molecular formula is C47H62N2O9. The number of fused-ring (bicyclic) bond motifs is 5. The van der Waals surface area contributed by atoms with Gasteiger partial charge in [-0.25, -0.2) is 4.79 Å². The van der Waals surface area contributed by atoms with Gasteiger partial charge in [0.1, 0.15) is 30.2 Å². The fourth-order valence-corrected chi connectivity index (χ4v) is 17.3. The summed E-state index contributed by atoms with van der Waals surface area (Å²) in [5, 5.41) is 16.7. The molecule has 5 aliphatic carbocycles. The molecule has 5 saturated heterocycles. The molecule has 12 rings (SSSR count). The Kier molecular flexibility index (Phi) is 7.81. The Morgan fingerprint density at radius 2 is 1.76 bits per heavy atom. The van der Waals surface area contributed by atoms with Crippen LogP contribution in [0, 0.1) is 57.2 Å². The molecule has 5 saturated carbocycles. The molecular weight excluding hydrogens is 737 g/mol. The summed E-state index contributed by atoms with van der Waals surface area (Å²) in [4.78, 5) is 46.4. The zero-order valence-electron chi connectivity index (χ0n) is 34.5. The SMILES string of the molecule is CC1(C)O[C@H]2C3(CCCC3)C(=O)OC[C@@]23[C@@H]1C(=O)[C@@H](O)[C@]1(C2CCCC2)[C@@H]3CC[C@@]2(C)[C@H](c3ccoc3CC[C@H]3CC[C@H]4[C@H](C=CN5CNC[C@@H]45)C3)OC(=O)[C@H]3O[C@@]312. The summed E-state index contributed by atoms with van der Waals surface area (Å²) >= 11 is 0. The third-order valence-corrected chi connectivity index (χ3v) is 19.3. The molecule has 3 spiro atoms. The van der Waals surface area contributed by atoms with Crippen molar-refractivity contribution < 1.29 is 42.9 Å². The van der Waals surface area contributed by atoms with Crippen LogP contribution in [0.3, 0.4) is 0 Å². The van der Waals surface area contributed by atoms with Crippen LogP contribution in [0.25, 0.3) is 0 Å². The van der Waals surface area contributed by atoms with Gasteiger partial charge in [0.25, 0.3) is 0 Å². The van der Waals surface area contributed by atoms with E-state index in [1.54, 1.807) is 6.26 Å². The second-order valence-electron chi connectivity index (χ2n) is 21.7. The molecule has 0 radical (unpaired) electrons. The minimum absolute atomic E-state index is 0.0515. The van der Waals surface area contributed by atoms with E-state index in [1.807, 2.05) is 19.9 Å². The van der Waals surface area contributed by atoms with E-state index < -0.39 is 69.2 Å². The van der Waals surface area contributed by atoms with Crippen molar-refractivity contribution in [3.8, 4) is 0 Å². The van der Waals surface area contributed by atoms with Gasteiger partial charge in [-0.3, -0.25) is 14.9 Å². The Morgan fingerprint density at radius 3 is 2.57 bits per heavy atom. The van der Waals surface area contributed by atoms with Gasteiger partial charge in [-0.2, -0.15) is 0 Å². The summed E-state index contributed by atoms with van der Waals surface area (Å²) in [6.45, 7) is 8.29. The predicted octanol–water partition coefficient (Wildman–Crippen LogP) is 6.17. The van der Waals surface area contributed by atoms with Crippen LogP contribution >= 0.6 is 0 Å². The number of nitrogens with zero attached hydrogens (tertiary/aromatic N) is 1. The molecule has 0 unspecified atom stereocenters. The van der Waals surface area contributed by atoms with Gasteiger partial charge in [-0.15, -0.1) is 0 Å². The molecule has 2 N–H and O–H groups in total. The first-order valence-corrected chi connectivity index (χ1v) is 23.1. The Labute approximate surface area is 341 Å². The van der Waals surface area contributed by atoms with Gasteiger partial charge in [0.15, 0.2) is 11.9 Å². The number of carbonyl (C=O) groups is 3. The number of Topliss-reactive ketones (excluding diaryl/α,β-unsaturated/α-hetero) is 1. The second kappa shape index (κ2) is 12.2. The standard InChI is InChI=1S/C47H62N2O9/c1-42(2)35-34(50)36(51)46(28-8-4-5-9-28)33(45(35)24-55-41(53)44(40(45)58-42)17-6-7-18-44)14-19-43(3)37(56-39(52)38-47(43,46)57-38)30-16-21-54-32(30)13-11-26-10-12-29-27(22-26)15-20-49-25-48-23-31(29)49/h15-16,20-21,26-29,31,33,35-38,40,48,51H,4-14,17-19,22-25H2,1-3H3/t26-,27-,29+,31+,33-,35-,36-,37+,38-,40+,43+,45-,46+,47-/m1/s1. The van der Waals surface area contributed by atoms with Crippen molar-refractivity contribution in [2.24, 2.45) is 57.2 Å². The number of ether oxygens (including phenoxy) is 4. The summed E-state index contributed by atoms with van der Waals surface area (Å²) in [7, 11) is 0. The monoisotopic (exact) mass is 798 g/mol. The highest BCUT2D eigenvalue weighted by molar-refractivity contribution is 5.92. The number of aryl methyl sites for hydroxylation is 1. The van der Waals surface area contributed by atoms with Crippen molar-refractivity contribution >= 4 is 17.7 Å². The lowest BCUT2D eigenvalue weighted by molar-refractivity contribution is -0.282. The van der Waals surface area contributed by atoms with E-state index in [0.29, 0.717) is 49.5 Å². The molecule has 0 amide bonds. The normalized spacial score (nSPS) is 49.3. The third kappa shape index (κ3) is 4.29. The first-order valence-electron chi connectivity index (χ1n) is 23.1. The summed E-state index contributed by atoms with van der Waals surface area (Å²) in [6.07, 6.45) is 16.7. The summed E-state index contributed by atoms with van der Waals surface area (Å²) in [6, 6.07) is 2.60. The number of epoxide rings is 1. The average Bonchev–Trinajstić information content (AvgIpc) is 3.88. The molecule has 58 heavy (non-hydrogen) atoms. The number of cyclic esters (lactones) is 2. The van der Waals surface area contributed by atoms with E-state index >= 15 is 4.79 Å². The van der Waals surface area contributed by atoms with Gasteiger partial charge in [0.2, 0.25) is 0 Å². The molecule has 0 aromatic carbocycles. The van der Waals surface area contributed by atoms with Crippen LogP contribution in [0.2, 0.25) is 0 Å². The Balaban J connectivity index is 0.924. The molecule has 11 heteroatoms. The number of hydrogen-bond acceptors (Lipinski definition) is 11. The molecule has 6 aliphatic heterocycles. The first-order chi connectivity index (χ1) is 27.9. The van der Waals surface area contributed by atoms with E-state index in [1.165, 1.54) is 19.3 Å². The van der Waals surface area contributed by atoms with E-state index in [4.69, 9.17) is 23.4 Å². The predicted molar refractivity (Wildman–Crippen MR) is 208 cm³/mol. The summed E-state index contributed by atoms with van der Waals surface area (Å²) < 4.78 is 33.4. The number of furan rings is 1. The quantitative estimate of drug-likeness (QED) is 0.261. The fraction of sp³-hybridized carbons (Fsp3) is 0.809. The number of carbonyl (C=O) groups excluding carboxylic acids is 3. The fourth-order valence-electron chi connectivity index (χ4n) is 17.3. The summed E-state index contributed by atoms with van der Waals surface area (Å²) in [5.41, 5.74) is -4.65. The lowest BCUT2D eigenvalue weighted by Crippen LogP contribution is -2.79. The van der Waals surface area contributed by atoms with Crippen molar-refractivity contribution in [2.45, 2.75) is 159 Å². The average molecular weight is 799 g/mol. The van der Waals surface area contributed by atoms with Gasteiger partial charge in [-0.1, -0.05) is 45.1 Å². The smallest absolute Gasteiger partial charge is 0.339 e. The lowest BCUT2D eigenvalue weighted by Gasteiger charge is -2.70. The van der Waals surface area contributed by atoms with Crippen molar-refractivity contribution in [3.63, 3.8) is 0 Å². The molecule has 7 heterocycles. The van der Waals surface area contributed by atoms with Crippen molar-refractivity contribution in [2.75, 3.05) is 19.8 Å². The van der Waals surface area contributed by atoms with Crippen LogP contribution in [0.1, 0.15) is 128 Å². The van der Waals surface area contributed by atoms with E-state index in [2.05, 4.69) is 29.4 Å². The minimum Gasteiger partial charge on any atom is -0.469 e. The molecule has 314 valence electrons.